The monoisotopic (exact) mass is 273 g/mol. The first kappa shape index (κ1) is 15.6. The molecule has 1 nitrogen and oxygen atoms in total. The van der Waals surface area contributed by atoms with E-state index in [0.717, 1.165) is 11.8 Å². The van der Waals surface area contributed by atoms with Gasteiger partial charge in [0.25, 0.3) is 0 Å². The van der Waals surface area contributed by atoms with Crippen molar-refractivity contribution in [2.45, 2.75) is 65.3 Å². The molecule has 0 heterocycles. The minimum absolute atomic E-state index is 0.249. The molecule has 0 radical (unpaired) electrons. The van der Waals surface area contributed by atoms with Gasteiger partial charge in [0.05, 0.1) is 0 Å². The van der Waals surface area contributed by atoms with E-state index in [9.17, 15) is 0 Å². The fourth-order valence-electron chi connectivity index (χ4n) is 2.95. The first-order valence-corrected chi connectivity index (χ1v) is 8.19. The summed E-state index contributed by atoms with van der Waals surface area (Å²) < 4.78 is 0. The quantitative estimate of drug-likeness (QED) is 0.815. The first-order chi connectivity index (χ1) is 9.35. The van der Waals surface area contributed by atoms with Crippen molar-refractivity contribution in [1.82, 2.24) is 5.32 Å². The lowest BCUT2D eigenvalue weighted by Crippen LogP contribution is -2.44. The molecule has 1 saturated carbocycles. The summed E-state index contributed by atoms with van der Waals surface area (Å²) in [6.45, 7) is 12.5. The first-order valence-electron chi connectivity index (χ1n) is 8.19. The standard InChI is InChI=1S/C19H31N/c1-14(2)16-8-6-15(7-9-16)12-17-10-11-18(17)13-20-19(3,4)5/h6-9,14,17-18,20H,10-13H2,1-5H3. The number of hydrogen-bond donors (Lipinski definition) is 1. The largest absolute Gasteiger partial charge is 0.312 e. The van der Waals surface area contributed by atoms with Crippen molar-refractivity contribution >= 4 is 0 Å². The second-order valence-electron chi connectivity index (χ2n) is 7.83. The van der Waals surface area contributed by atoms with Crippen LogP contribution in [-0.4, -0.2) is 12.1 Å². The van der Waals surface area contributed by atoms with E-state index >= 15 is 0 Å². The molecule has 0 aliphatic heterocycles. The van der Waals surface area contributed by atoms with Gasteiger partial charge in [-0.3, -0.25) is 0 Å². The van der Waals surface area contributed by atoms with Gasteiger partial charge in [0.15, 0.2) is 0 Å². The minimum atomic E-state index is 0.249. The minimum Gasteiger partial charge on any atom is -0.312 e. The molecule has 0 saturated heterocycles. The number of rotatable bonds is 5. The highest BCUT2D eigenvalue weighted by molar-refractivity contribution is 5.25. The molecule has 1 heteroatoms. The van der Waals surface area contributed by atoms with Crippen LogP contribution in [0, 0.1) is 11.8 Å². The van der Waals surface area contributed by atoms with Crippen LogP contribution in [-0.2, 0) is 6.42 Å². The van der Waals surface area contributed by atoms with Crippen molar-refractivity contribution in [3.8, 4) is 0 Å². The number of hydrogen-bond acceptors (Lipinski definition) is 1. The molecule has 1 aromatic rings. The highest BCUT2D eigenvalue weighted by Gasteiger charge is 2.31. The van der Waals surface area contributed by atoms with Gasteiger partial charge >= 0.3 is 0 Å². The average Bonchev–Trinajstić information content (AvgIpc) is 2.34. The van der Waals surface area contributed by atoms with E-state index in [0.29, 0.717) is 5.92 Å². The van der Waals surface area contributed by atoms with Crippen LogP contribution in [0.1, 0.15) is 64.5 Å². The molecule has 0 spiro atoms. The van der Waals surface area contributed by atoms with Gasteiger partial charge in [-0.15, -0.1) is 0 Å². The molecular formula is C19H31N. The maximum atomic E-state index is 3.66. The summed E-state index contributed by atoms with van der Waals surface area (Å²) in [5.74, 6) is 2.39. The van der Waals surface area contributed by atoms with E-state index in [2.05, 4.69) is 64.2 Å². The lowest BCUT2D eigenvalue weighted by molar-refractivity contribution is 0.159. The fraction of sp³-hybridized carbons (Fsp3) is 0.684. The Hall–Kier alpha value is -0.820. The maximum absolute atomic E-state index is 3.66. The van der Waals surface area contributed by atoms with Gasteiger partial charge < -0.3 is 5.32 Å². The molecule has 1 aliphatic carbocycles. The molecule has 112 valence electrons. The lowest BCUT2D eigenvalue weighted by Gasteiger charge is -2.39. The van der Waals surface area contributed by atoms with Gasteiger partial charge in [0.2, 0.25) is 0 Å². The molecule has 0 aromatic heterocycles. The smallest absolute Gasteiger partial charge is 0.00966 e. The van der Waals surface area contributed by atoms with Gasteiger partial charge in [-0.2, -0.15) is 0 Å². The zero-order chi connectivity index (χ0) is 14.8. The molecule has 20 heavy (non-hydrogen) atoms. The van der Waals surface area contributed by atoms with Crippen molar-refractivity contribution in [2.24, 2.45) is 11.8 Å². The lowest BCUT2D eigenvalue weighted by atomic mass is 9.70. The third-order valence-electron chi connectivity index (χ3n) is 4.61. The Morgan fingerprint density at radius 1 is 1.05 bits per heavy atom. The number of benzene rings is 1. The molecule has 0 bridgehead atoms. The van der Waals surface area contributed by atoms with E-state index in [1.54, 1.807) is 0 Å². The van der Waals surface area contributed by atoms with Gasteiger partial charge in [0, 0.05) is 5.54 Å². The summed E-state index contributed by atoms with van der Waals surface area (Å²) in [7, 11) is 0. The Labute approximate surface area is 125 Å². The molecule has 2 rings (SSSR count). The van der Waals surface area contributed by atoms with Crippen molar-refractivity contribution in [1.29, 1.82) is 0 Å². The Balaban J connectivity index is 1.84. The molecule has 1 aromatic carbocycles. The summed E-state index contributed by atoms with van der Waals surface area (Å²) in [5, 5.41) is 3.66. The van der Waals surface area contributed by atoms with Crippen LogP contribution in [0.4, 0.5) is 0 Å². The van der Waals surface area contributed by atoms with Crippen molar-refractivity contribution in [3.05, 3.63) is 35.4 Å². The van der Waals surface area contributed by atoms with Crippen LogP contribution >= 0.6 is 0 Å². The van der Waals surface area contributed by atoms with Gasteiger partial charge in [-0.05, 0) is 75.5 Å². The van der Waals surface area contributed by atoms with Crippen molar-refractivity contribution in [2.75, 3.05) is 6.54 Å². The van der Waals surface area contributed by atoms with Crippen LogP contribution in [0.25, 0.3) is 0 Å². The topological polar surface area (TPSA) is 12.0 Å². The van der Waals surface area contributed by atoms with Crippen LogP contribution in [0.3, 0.4) is 0 Å². The van der Waals surface area contributed by atoms with Crippen LogP contribution in [0.5, 0.6) is 0 Å². The summed E-state index contributed by atoms with van der Waals surface area (Å²) >= 11 is 0. The van der Waals surface area contributed by atoms with Crippen molar-refractivity contribution in [3.63, 3.8) is 0 Å². The highest BCUT2D eigenvalue weighted by Crippen LogP contribution is 2.36. The Bertz CT molecular complexity index is 410. The SMILES string of the molecule is CC(C)c1ccc(CC2CCC2CNC(C)(C)C)cc1. The van der Waals surface area contributed by atoms with Crippen LogP contribution in [0.2, 0.25) is 0 Å². The highest BCUT2D eigenvalue weighted by atomic mass is 14.9. The molecule has 1 aliphatic rings. The van der Waals surface area contributed by atoms with Gasteiger partial charge in [-0.1, -0.05) is 38.1 Å². The molecular weight excluding hydrogens is 242 g/mol. The third-order valence-corrected chi connectivity index (χ3v) is 4.61. The predicted octanol–water partition coefficient (Wildman–Crippen LogP) is 4.77. The number of nitrogens with one attached hydrogen (secondary N) is 1. The normalized spacial score (nSPS) is 22.9. The summed E-state index contributed by atoms with van der Waals surface area (Å²) in [6, 6.07) is 9.28. The summed E-state index contributed by atoms with van der Waals surface area (Å²) in [6.07, 6.45) is 4.06. The Kier molecular flexibility index (Phi) is 4.90. The fourth-order valence-corrected chi connectivity index (χ4v) is 2.95. The zero-order valence-electron chi connectivity index (χ0n) is 13.9. The maximum Gasteiger partial charge on any atom is 0.00966 e. The molecule has 2 atom stereocenters. The van der Waals surface area contributed by atoms with Gasteiger partial charge in [0.1, 0.15) is 0 Å². The Morgan fingerprint density at radius 2 is 1.65 bits per heavy atom. The van der Waals surface area contributed by atoms with Gasteiger partial charge in [-0.25, -0.2) is 0 Å². The Morgan fingerprint density at radius 3 is 2.10 bits per heavy atom. The van der Waals surface area contributed by atoms with E-state index in [1.807, 2.05) is 0 Å². The van der Waals surface area contributed by atoms with Crippen LogP contribution in [0.15, 0.2) is 24.3 Å². The second-order valence-corrected chi connectivity index (χ2v) is 7.83. The average molecular weight is 273 g/mol. The van der Waals surface area contributed by atoms with Crippen LogP contribution < -0.4 is 5.32 Å². The van der Waals surface area contributed by atoms with Crippen molar-refractivity contribution < 1.29 is 0 Å². The molecule has 1 N–H and O–H groups in total. The predicted molar refractivity (Wildman–Crippen MR) is 88.2 cm³/mol. The van der Waals surface area contributed by atoms with E-state index in [4.69, 9.17) is 0 Å². The van der Waals surface area contributed by atoms with E-state index in [-0.39, 0.29) is 5.54 Å². The third kappa shape index (κ3) is 4.34. The molecule has 1 fully saturated rings. The second kappa shape index (κ2) is 6.30. The van der Waals surface area contributed by atoms with E-state index in [1.165, 1.54) is 36.9 Å². The molecule has 0 amide bonds. The molecule has 2 unspecified atom stereocenters. The van der Waals surface area contributed by atoms with E-state index < -0.39 is 0 Å². The zero-order valence-corrected chi connectivity index (χ0v) is 13.9. The summed E-state index contributed by atoms with van der Waals surface area (Å²) in [5.41, 5.74) is 3.21. The summed E-state index contributed by atoms with van der Waals surface area (Å²) in [4.78, 5) is 0.